The maximum absolute atomic E-state index is 9.71. The average molecular weight is 267 g/mol. The Hall–Kier alpha value is -1.10. The molecule has 0 amide bonds. The van der Waals surface area contributed by atoms with Gasteiger partial charge < -0.3 is 20.3 Å². The van der Waals surface area contributed by atoms with Crippen molar-refractivity contribution in [2.75, 3.05) is 19.8 Å². The molecule has 108 valence electrons. The molecule has 0 aliphatic heterocycles. The van der Waals surface area contributed by atoms with Crippen molar-refractivity contribution in [1.29, 1.82) is 0 Å². The minimum Gasteiger partial charge on any atom is -0.491 e. The summed E-state index contributed by atoms with van der Waals surface area (Å²) in [5.74, 6) is 0.724. The van der Waals surface area contributed by atoms with E-state index in [4.69, 9.17) is 15.2 Å². The predicted octanol–water partition coefficient (Wildman–Crippen LogP) is 2.26. The summed E-state index contributed by atoms with van der Waals surface area (Å²) in [5.41, 5.74) is 6.83. The van der Waals surface area contributed by atoms with Gasteiger partial charge in [-0.3, -0.25) is 0 Å². The molecule has 1 aromatic rings. The topological polar surface area (TPSA) is 64.7 Å². The van der Waals surface area contributed by atoms with E-state index in [1.807, 2.05) is 31.2 Å². The van der Waals surface area contributed by atoms with E-state index in [0.29, 0.717) is 13.2 Å². The van der Waals surface area contributed by atoms with Crippen molar-refractivity contribution >= 4 is 0 Å². The van der Waals surface area contributed by atoms with E-state index < -0.39 is 6.10 Å². The number of ether oxygens (including phenoxy) is 2. The lowest BCUT2D eigenvalue weighted by atomic mass is 10.1. The SMILES string of the molecule is CCCCOCC(O)COc1cccc([C@@H](C)N)c1. The summed E-state index contributed by atoms with van der Waals surface area (Å²) in [6.45, 7) is 5.26. The van der Waals surface area contributed by atoms with Crippen LogP contribution in [0.4, 0.5) is 0 Å². The zero-order valence-corrected chi connectivity index (χ0v) is 11.8. The molecule has 1 aromatic carbocycles. The van der Waals surface area contributed by atoms with Gasteiger partial charge in [-0.1, -0.05) is 25.5 Å². The third-order valence-electron chi connectivity index (χ3n) is 2.78. The summed E-state index contributed by atoms with van der Waals surface area (Å²) in [4.78, 5) is 0. The third kappa shape index (κ3) is 6.57. The highest BCUT2D eigenvalue weighted by Crippen LogP contribution is 2.17. The molecule has 0 fully saturated rings. The number of benzene rings is 1. The average Bonchev–Trinajstić information content (AvgIpc) is 2.41. The Balaban J connectivity index is 2.29. The number of hydrogen-bond donors (Lipinski definition) is 2. The van der Waals surface area contributed by atoms with E-state index in [2.05, 4.69) is 6.92 Å². The van der Waals surface area contributed by atoms with Crippen LogP contribution in [-0.2, 0) is 4.74 Å². The van der Waals surface area contributed by atoms with Crippen LogP contribution >= 0.6 is 0 Å². The number of rotatable bonds is 9. The fourth-order valence-electron chi connectivity index (χ4n) is 1.59. The first kappa shape index (κ1) is 16.0. The predicted molar refractivity (Wildman–Crippen MR) is 76.3 cm³/mol. The lowest BCUT2D eigenvalue weighted by molar-refractivity contribution is 0.0113. The maximum Gasteiger partial charge on any atom is 0.119 e. The highest BCUT2D eigenvalue weighted by atomic mass is 16.5. The molecule has 3 N–H and O–H groups in total. The second-order valence-corrected chi connectivity index (χ2v) is 4.75. The van der Waals surface area contributed by atoms with Crippen molar-refractivity contribution in [3.63, 3.8) is 0 Å². The number of nitrogens with two attached hydrogens (primary N) is 1. The summed E-state index contributed by atoms with van der Waals surface area (Å²) < 4.78 is 10.9. The number of aliphatic hydroxyl groups is 1. The Morgan fingerprint density at radius 3 is 2.79 bits per heavy atom. The van der Waals surface area contributed by atoms with Crippen LogP contribution in [0.25, 0.3) is 0 Å². The van der Waals surface area contributed by atoms with Crippen LogP contribution in [0, 0.1) is 0 Å². The Labute approximate surface area is 115 Å². The highest BCUT2D eigenvalue weighted by molar-refractivity contribution is 5.30. The van der Waals surface area contributed by atoms with Gasteiger partial charge in [0.25, 0.3) is 0 Å². The number of aliphatic hydroxyl groups excluding tert-OH is 1. The molecule has 2 atom stereocenters. The van der Waals surface area contributed by atoms with E-state index in [-0.39, 0.29) is 12.6 Å². The molecule has 1 rings (SSSR count). The third-order valence-corrected chi connectivity index (χ3v) is 2.78. The van der Waals surface area contributed by atoms with Crippen molar-refractivity contribution < 1.29 is 14.6 Å². The molecule has 0 heterocycles. The summed E-state index contributed by atoms with van der Waals surface area (Å²) in [6, 6.07) is 7.59. The second-order valence-electron chi connectivity index (χ2n) is 4.75. The van der Waals surface area contributed by atoms with Crippen LogP contribution in [0.5, 0.6) is 5.75 Å². The number of unbranched alkanes of at least 4 members (excludes halogenated alkanes) is 1. The van der Waals surface area contributed by atoms with E-state index in [1.54, 1.807) is 0 Å². The van der Waals surface area contributed by atoms with Crippen LogP contribution in [-0.4, -0.2) is 31.0 Å². The molecular weight excluding hydrogens is 242 g/mol. The Morgan fingerprint density at radius 1 is 1.32 bits per heavy atom. The van der Waals surface area contributed by atoms with Gasteiger partial charge >= 0.3 is 0 Å². The summed E-state index contributed by atoms with van der Waals surface area (Å²) in [7, 11) is 0. The van der Waals surface area contributed by atoms with E-state index in [1.165, 1.54) is 0 Å². The molecule has 0 saturated carbocycles. The monoisotopic (exact) mass is 267 g/mol. The quantitative estimate of drug-likeness (QED) is 0.674. The van der Waals surface area contributed by atoms with Crippen LogP contribution in [0.2, 0.25) is 0 Å². The van der Waals surface area contributed by atoms with E-state index >= 15 is 0 Å². The first-order chi connectivity index (χ1) is 9.13. The highest BCUT2D eigenvalue weighted by Gasteiger charge is 2.06. The zero-order chi connectivity index (χ0) is 14.1. The van der Waals surface area contributed by atoms with Crippen LogP contribution < -0.4 is 10.5 Å². The summed E-state index contributed by atoms with van der Waals surface area (Å²) >= 11 is 0. The molecule has 0 bridgehead atoms. The summed E-state index contributed by atoms with van der Waals surface area (Å²) in [6.07, 6.45) is 1.51. The molecule has 0 saturated heterocycles. The van der Waals surface area contributed by atoms with Crippen LogP contribution in [0.1, 0.15) is 38.3 Å². The van der Waals surface area contributed by atoms with Crippen molar-refractivity contribution in [3.8, 4) is 5.75 Å². The van der Waals surface area contributed by atoms with Crippen LogP contribution in [0.15, 0.2) is 24.3 Å². The first-order valence-electron chi connectivity index (χ1n) is 6.87. The molecule has 4 nitrogen and oxygen atoms in total. The minimum atomic E-state index is -0.601. The normalized spacial score (nSPS) is 14.1. The molecule has 0 spiro atoms. The van der Waals surface area contributed by atoms with Gasteiger partial charge in [0.1, 0.15) is 18.5 Å². The van der Waals surface area contributed by atoms with Gasteiger partial charge in [0, 0.05) is 12.6 Å². The fraction of sp³-hybridized carbons (Fsp3) is 0.600. The molecule has 0 aromatic heterocycles. The van der Waals surface area contributed by atoms with Gasteiger partial charge in [-0.05, 0) is 31.0 Å². The van der Waals surface area contributed by atoms with Crippen LogP contribution in [0.3, 0.4) is 0 Å². The molecule has 4 heteroatoms. The van der Waals surface area contributed by atoms with Gasteiger partial charge in [-0.2, -0.15) is 0 Å². The minimum absolute atomic E-state index is 0.0224. The number of hydrogen-bond acceptors (Lipinski definition) is 4. The largest absolute Gasteiger partial charge is 0.491 e. The van der Waals surface area contributed by atoms with Gasteiger partial charge in [0.05, 0.1) is 6.61 Å². The lowest BCUT2D eigenvalue weighted by Crippen LogP contribution is -2.23. The Kier molecular flexibility index (Phi) is 7.48. The smallest absolute Gasteiger partial charge is 0.119 e. The zero-order valence-electron chi connectivity index (χ0n) is 11.8. The lowest BCUT2D eigenvalue weighted by Gasteiger charge is -2.14. The second kappa shape index (κ2) is 8.91. The molecule has 0 aliphatic carbocycles. The Bertz CT molecular complexity index is 355. The van der Waals surface area contributed by atoms with E-state index in [0.717, 1.165) is 24.2 Å². The van der Waals surface area contributed by atoms with Gasteiger partial charge in [-0.25, -0.2) is 0 Å². The van der Waals surface area contributed by atoms with Gasteiger partial charge in [-0.15, -0.1) is 0 Å². The summed E-state index contributed by atoms with van der Waals surface area (Å²) in [5, 5.41) is 9.71. The molecule has 19 heavy (non-hydrogen) atoms. The molecule has 0 radical (unpaired) electrons. The molecule has 0 aliphatic rings. The first-order valence-corrected chi connectivity index (χ1v) is 6.87. The Morgan fingerprint density at radius 2 is 2.11 bits per heavy atom. The maximum atomic E-state index is 9.71. The van der Waals surface area contributed by atoms with Crippen molar-refractivity contribution in [3.05, 3.63) is 29.8 Å². The standard InChI is InChI=1S/C15H25NO3/c1-3-4-8-18-10-14(17)11-19-15-7-5-6-13(9-15)12(2)16/h5-7,9,12,14,17H,3-4,8,10-11,16H2,1-2H3/t12-,14?/m1/s1. The van der Waals surface area contributed by atoms with Gasteiger partial charge in [0.15, 0.2) is 0 Å². The van der Waals surface area contributed by atoms with Crippen molar-refractivity contribution in [2.45, 2.75) is 38.8 Å². The molecule has 1 unspecified atom stereocenters. The van der Waals surface area contributed by atoms with Gasteiger partial charge in [0.2, 0.25) is 0 Å². The van der Waals surface area contributed by atoms with Crippen molar-refractivity contribution in [2.24, 2.45) is 5.73 Å². The van der Waals surface area contributed by atoms with Crippen molar-refractivity contribution in [1.82, 2.24) is 0 Å². The molecular formula is C15H25NO3. The van der Waals surface area contributed by atoms with E-state index in [9.17, 15) is 5.11 Å². The fourth-order valence-corrected chi connectivity index (χ4v) is 1.59.